The van der Waals surface area contributed by atoms with Gasteiger partial charge in [-0.2, -0.15) is 0 Å². The van der Waals surface area contributed by atoms with Crippen molar-refractivity contribution in [3.63, 3.8) is 0 Å². The van der Waals surface area contributed by atoms with Crippen LogP contribution in [0.4, 0.5) is 27.5 Å². The Balaban J connectivity index is 1.58. The maximum Gasteiger partial charge on any atom is 0.339 e. The molecule has 1 fully saturated rings. The van der Waals surface area contributed by atoms with Crippen LogP contribution < -0.4 is 19.7 Å². The van der Waals surface area contributed by atoms with Crippen LogP contribution >= 0.6 is 0 Å². The van der Waals surface area contributed by atoms with E-state index in [4.69, 9.17) is 5.10 Å². The van der Waals surface area contributed by atoms with Crippen molar-refractivity contribution in [3.05, 3.63) is 157 Å². The van der Waals surface area contributed by atoms with Gasteiger partial charge in [0.05, 0.1) is 17.1 Å². The summed E-state index contributed by atoms with van der Waals surface area (Å²) in [5.41, 5.74) is 3.23. The normalized spacial score (nSPS) is 18.4. The number of hydrazone groups is 1. The Bertz CT molecular complexity index is 1730. The smallest absolute Gasteiger partial charge is 0.273 e. The van der Waals surface area contributed by atoms with E-state index in [0.717, 1.165) is 5.56 Å². The van der Waals surface area contributed by atoms with Crippen LogP contribution in [-0.2, 0) is 4.79 Å². The number of hydrogen-bond acceptors (Lipinski definition) is 5. The van der Waals surface area contributed by atoms with Crippen molar-refractivity contribution in [2.45, 2.75) is 5.79 Å². The van der Waals surface area contributed by atoms with Crippen LogP contribution in [0.5, 0.6) is 0 Å². The topological polar surface area (TPSA) is 59.5 Å². The van der Waals surface area contributed by atoms with Crippen molar-refractivity contribution >= 4 is 40.5 Å². The number of urea groups is 1. The highest BCUT2D eigenvalue weighted by Crippen LogP contribution is 2.48. The van der Waals surface area contributed by atoms with Crippen molar-refractivity contribution in [2.75, 3.05) is 19.7 Å². The Labute approximate surface area is 237 Å². The fourth-order valence-electron chi connectivity index (χ4n) is 5.53. The second kappa shape index (κ2) is 9.81. The number of anilines is 4. The van der Waals surface area contributed by atoms with Gasteiger partial charge in [-0.05, 0) is 48.5 Å². The summed E-state index contributed by atoms with van der Waals surface area (Å²) in [5.74, 6) is -1.64. The molecule has 2 heterocycles. The van der Waals surface area contributed by atoms with Crippen LogP contribution in [0.15, 0.2) is 157 Å². The van der Waals surface area contributed by atoms with Gasteiger partial charge in [-0.25, -0.2) is 19.6 Å². The maximum atomic E-state index is 15.2. The number of benzene rings is 5. The summed E-state index contributed by atoms with van der Waals surface area (Å²) in [6, 6.07) is 46.7. The molecule has 0 saturated carbocycles. The van der Waals surface area contributed by atoms with Crippen LogP contribution in [0.25, 0.3) is 0 Å². The van der Waals surface area contributed by atoms with Crippen molar-refractivity contribution in [1.82, 2.24) is 0 Å². The first-order valence-corrected chi connectivity index (χ1v) is 13.3. The molecule has 5 aromatic rings. The molecule has 7 rings (SSSR count). The summed E-state index contributed by atoms with van der Waals surface area (Å²) >= 11 is 0. The monoisotopic (exact) mass is 535 g/mol. The molecule has 0 aliphatic carbocycles. The highest BCUT2D eigenvalue weighted by molar-refractivity contribution is 6.35. The van der Waals surface area contributed by atoms with E-state index in [-0.39, 0.29) is 0 Å². The first-order valence-electron chi connectivity index (χ1n) is 13.3. The summed E-state index contributed by atoms with van der Waals surface area (Å²) in [6.45, 7) is 0. The fraction of sp³-hybridized carbons (Fsp3) is 0.0294. The second-order valence-corrected chi connectivity index (χ2v) is 9.67. The minimum absolute atomic E-state index is 0.444. The van der Waals surface area contributed by atoms with Crippen LogP contribution in [-0.4, -0.2) is 23.6 Å². The first-order chi connectivity index (χ1) is 20.2. The summed E-state index contributed by atoms with van der Waals surface area (Å²) in [5, 5.41) is 6.82. The molecule has 0 aromatic heterocycles. The molecule has 1 atom stereocenters. The molecule has 7 nitrogen and oxygen atoms in total. The molecule has 1 unspecified atom stereocenters. The standard InChI is InChI=1S/C34H25N5O2/c40-32-34(38(29-22-12-4-13-23-29)33(41)36(32)27-18-8-2-9-19-27)37(28-20-10-3-11-21-28)31(26-16-6-1-7-17-26)35-39(34)30-24-14-5-15-25-30/h1-25H. The van der Waals surface area contributed by atoms with Crippen molar-refractivity contribution in [1.29, 1.82) is 0 Å². The fourth-order valence-corrected chi connectivity index (χ4v) is 5.53. The molecule has 41 heavy (non-hydrogen) atoms. The van der Waals surface area contributed by atoms with E-state index >= 15 is 4.79 Å². The Morgan fingerprint density at radius 1 is 0.463 bits per heavy atom. The van der Waals surface area contributed by atoms with E-state index in [1.165, 1.54) is 4.90 Å². The summed E-state index contributed by atoms with van der Waals surface area (Å²) in [7, 11) is 0. The average molecular weight is 536 g/mol. The van der Waals surface area contributed by atoms with Gasteiger partial charge >= 0.3 is 17.7 Å². The van der Waals surface area contributed by atoms with Crippen LogP contribution in [0.1, 0.15) is 5.56 Å². The van der Waals surface area contributed by atoms with Gasteiger partial charge in [0.25, 0.3) is 0 Å². The molecule has 7 heteroatoms. The maximum absolute atomic E-state index is 15.2. The number of rotatable bonds is 5. The zero-order valence-corrected chi connectivity index (χ0v) is 22.0. The van der Waals surface area contributed by atoms with E-state index in [0.29, 0.717) is 28.6 Å². The molecule has 0 N–H and O–H groups in total. The van der Waals surface area contributed by atoms with Gasteiger partial charge in [-0.15, -0.1) is 5.10 Å². The quantitative estimate of drug-likeness (QED) is 0.235. The second-order valence-electron chi connectivity index (χ2n) is 9.67. The van der Waals surface area contributed by atoms with Gasteiger partial charge < -0.3 is 0 Å². The highest BCUT2D eigenvalue weighted by Gasteiger charge is 2.70. The minimum Gasteiger partial charge on any atom is -0.273 e. The molecule has 3 amide bonds. The van der Waals surface area contributed by atoms with E-state index in [2.05, 4.69) is 0 Å². The van der Waals surface area contributed by atoms with Gasteiger partial charge in [-0.3, -0.25) is 9.69 Å². The third kappa shape index (κ3) is 3.71. The van der Waals surface area contributed by atoms with Crippen LogP contribution in [0.2, 0.25) is 0 Å². The summed E-state index contributed by atoms with van der Waals surface area (Å²) in [6.07, 6.45) is 0. The molecule has 0 bridgehead atoms. The molecule has 0 radical (unpaired) electrons. The molecule has 1 saturated heterocycles. The lowest BCUT2D eigenvalue weighted by atomic mass is 10.1. The zero-order chi connectivity index (χ0) is 27.8. The predicted molar refractivity (Wildman–Crippen MR) is 162 cm³/mol. The van der Waals surface area contributed by atoms with Gasteiger partial charge in [0.15, 0.2) is 5.84 Å². The molecule has 1 spiro atoms. The van der Waals surface area contributed by atoms with E-state index in [1.807, 2.05) is 144 Å². The number of imide groups is 1. The van der Waals surface area contributed by atoms with Crippen molar-refractivity contribution < 1.29 is 9.59 Å². The average Bonchev–Trinajstić information content (AvgIpc) is 3.51. The molecule has 2 aliphatic rings. The number of amides is 3. The predicted octanol–water partition coefficient (Wildman–Crippen LogP) is 6.70. The lowest BCUT2D eigenvalue weighted by molar-refractivity contribution is -0.121. The van der Waals surface area contributed by atoms with Gasteiger partial charge in [-0.1, -0.05) is 103 Å². The lowest BCUT2D eigenvalue weighted by Gasteiger charge is -2.44. The largest absolute Gasteiger partial charge is 0.339 e. The lowest BCUT2D eigenvalue weighted by Crippen LogP contribution is -2.69. The van der Waals surface area contributed by atoms with Gasteiger partial charge in [0.2, 0.25) is 0 Å². The Morgan fingerprint density at radius 3 is 1.39 bits per heavy atom. The number of hydrogen-bond donors (Lipinski definition) is 0. The molecule has 5 aromatic carbocycles. The molecule has 198 valence electrons. The highest BCUT2D eigenvalue weighted by atomic mass is 16.2. The summed E-state index contributed by atoms with van der Waals surface area (Å²) in [4.78, 5) is 34.5. The number of carbonyl (C=O) groups excluding carboxylic acids is 2. The Hall–Kier alpha value is -5.69. The van der Waals surface area contributed by atoms with Gasteiger partial charge in [0.1, 0.15) is 0 Å². The number of para-hydroxylation sites is 4. The molecular formula is C34H25N5O2. The first kappa shape index (κ1) is 24.4. The van der Waals surface area contributed by atoms with E-state index < -0.39 is 17.7 Å². The third-order valence-corrected chi connectivity index (χ3v) is 7.27. The minimum atomic E-state index is -1.73. The van der Waals surface area contributed by atoms with Crippen LogP contribution in [0, 0.1) is 0 Å². The SMILES string of the molecule is O=C1N(c2ccccc2)C(=O)C2(N(c3ccccc3)N=C(c3ccccc3)N2c2ccccc2)N1c1ccccc1. The van der Waals surface area contributed by atoms with Crippen LogP contribution in [0.3, 0.4) is 0 Å². The van der Waals surface area contributed by atoms with Gasteiger partial charge in [0, 0.05) is 11.3 Å². The Kier molecular flexibility index (Phi) is 5.83. The van der Waals surface area contributed by atoms with E-state index in [9.17, 15) is 4.79 Å². The number of amidine groups is 1. The number of carbonyl (C=O) groups is 2. The molecule has 2 aliphatic heterocycles. The third-order valence-electron chi connectivity index (χ3n) is 7.27. The zero-order valence-electron chi connectivity index (χ0n) is 22.0. The van der Waals surface area contributed by atoms with Crippen molar-refractivity contribution in [3.8, 4) is 0 Å². The van der Waals surface area contributed by atoms with Crippen molar-refractivity contribution in [2.24, 2.45) is 5.10 Å². The number of nitrogens with zero attached hydrogens (tertiary/aromatic N) is 5. The molecular weight excluding hydrogens is 510 g/mol. The summed E-state index contributed by atoms with van der Waals surface area (Å²) < 4.78 is 0. The Morgan fingerprint density at radius 2 is 0.878 bits per heavy atom. The van der Waals surface area contributed by atoms with E-state index in [1.54, 1.807) is 22.0 Å².